The molecule has 1 aromatic rings. The highest BCUT2D eigenvalue weighted by molar-refractivity contribution is 5.92. The van der Waals surface area contributed by atoms with Crippen LogP contribution in [0.5, 0.6) is 0 Å². The maximum absolute atomic E-state index is 12.4. The van der Waals surface area contributed by atoms with E-state index in [1.165, 1.54) is 7.11 Å². The van der Waals surface area contributed by atoms with Crippen LogP contribution in [0.4, 0.5) is 10.6 Å². The van der Waals surface area contributed by atoms with E-state index in [1.54, 1.807) is 18.9 Å². The van der Waals surface area contributed by atoms with E-state index in [4.69, 9.17) is 14.2 Å². The molecular weight excluding hydrogens is 362 g/mol. The van der Waals surface area contributed by atoms with Crippen LogP contribution in [0.3, 0.4) is 0 Å². The molecule has 1 amide bonds. The fourth-order valence-electron chi connectivity index (χ4n) is 3.35. The molecule has 0 N–H and O–H groups in total. The van der Waals surface area contributed by atoms with E-state index < -0.39 is 11.6 Å². The number of hydrogen-bond donors (Lipinski definition) is 0. The first-order chi connectivity index (χ1) is 13.1. The Morgan fingerprint density at radius 1 is 1.21 bits per heavy atom. The molecule has 1 saturated heterocycles. The Labute approximate surface area is 166 Å². The highest BCUT2D eigenvalue weighted by atomic mass is 16.6. The molecule has 0 aliphatic carbocycles. The Hall–Kier alpha value is -2.35. The summed E-state index contributed by atoms with van der Waals surface area (Å²) in [4.78, 5) is 32.9. The first-order valence-corrected chi connectivity index (χ1v) is 9.37. The molecule has 0 radical (unpaired) electrons. The van der Waals surface area contributed by atoms with Crippen molar-refractivity contribution in [3.63, 3.8) is 0 Å². The molecule has 28 heavy (non-hydrogen) atoms. The van der Waals surface area contributed by atoms with Gasteiger partial charge in [-0.2, -0.15) is 0 Å². The van der Waals surface area contributed by atoms with Gasteiger partial charge in [0.05, 0.1) is 31.0 Å². The van der Waals surface area contributed by atoms with Crippen LogP contribution in [0.1, 0.15) is 42.4 Å². The first-order valence-electron chi connectivity index (χ1n) is 9.37. The number of pyridine rings is 1. The Morgan fingerprint density at radius 2 is 1.89 bits per heavy atom. The summed E-state index contributed by atoms with van der Waals surface area (Å²) in [5.41, 5.74) is 1.37. The molecule has 1 aromatic heterocycles. The molecule has 0 aromatic carbocycles. The fourth-order valence-corrected chi connectivity index (χ4v) is 3.35. The van der Waals surface area contributed by atoms with Gasteiger partial charge in [0.2, 0.25) is 0 Å². The van der Waals surface area contributed by atoms with Crippen molar-refractivity contribution in [1.82, 2.24) is 9.88 Å². The minimum absolute atomic E-state index is 0.0680. The lowest BCUT2D eigenvalue weighted by Gasteiger charge is -2.42. The van der Waals surface area contributed by atoms with E-state index >= 15 is 0 Å². The molecule has 8 heteroatoms. The highest BCUT2D eigenvalue weighted by Gasteiger charge is 2.33. The second kappa shape index (κ2) is 8.77. The van der Waals surface area contributed by atoms with E-state index in [9.17, 15) is 9.59 Å². The summed E-state index contributed by atoms with van der Waals surface area (Å²) in [6, 6.07) is 1.81. The largest absolute Gasteiger partial charge is 0.465 e. The number of carbonyl (C=O) groups excluding carboxylic acids is 2. The molecule has 1 aliphatic heterocycles. The Bertz CT molecular complexity index is 706. The number of amides is 1. The molecule has 1 fully saturated rings. The van der Waals surface area contributed by atoms with Crippen molar-refractivity contribution in [2.24, 2.45) is 0 Å². The van der Waals surface area contributed by atoms with Gasteiger partial charge in [0, 0.05) is 26.7 Å². The van der Waals surface area contributed by atoms with Crippen molar-refractivity contribution in [2.75, 3.05) is 45.4 Å². The third kappa shape index (κ3) is 5.13. The summed E-state index contributed by atoms with van der Waals surface area (Å²) < 4.78 is 15.7. The molecule has 0 saturated carbocycles. The summed E-state index contributed by atoms with van der Waals surface area (Å²) in [6.07, 6.45) is -0.324. The van der Waals surface area contributed by atoms with Gasteiger partial charge in [-0.1, -0.05) is 0 Å². The van der Waals surface area contributed by atoms with Crippen LogP contribution < -0.4 is 4.90 Å². The quantitative estimate of drug-likeness (QED) is 0.727. The molecule has 1 atom stereocenters. The summed E-state index contributed by atoms with van der Waals surface area (Å²) >= 11 is 0. The molecule has 0 bridgehead atoms. The van der Waals surface area contributed by atoms with E-state index in [0.717, 1.165) is 11.4 Å². The van der Waals surface area contributed by atoms with Crippen molar-refractivity contribution in [3.05, 3.63) is 22.9 Å². The van der Waals surface area contributed by atoms with Crippen LogP contribution in [0.2, 0.25) is 0 Å². The second-order valence-electron chi connectivity index (χ2n) is 7.98. The van der Waals surface area contributed by atoms with Gasteiger partial charge in [-0.05, 0) is 46.2 Å². The van der Waals surface area contributed by atoms with Gasteiger partial charge in [0.15, 0.2) is 0 Å². The number of methoxy groups -OCH3 is 2. The number of carbonyl (C=O) groups is 2. The number of hydrogen-bond acceptors (Lipinski definition) is 7. The Morgan fingerprint density at radius 3 is 2.43 bits per heavy atom. The molecule has 2 heterocycles. The van der Waals surface area contributed by atoms with Gasteiger partial charge in [-0.25, -0.2) is 14.6 Å². The summed E-state index contributed by atoms with van der Waals surface area (Å²) in [6.45, 7) is 11.3. The number of aryl methyl sites for hydroxylation is 2. The van der Waals surface area contributed by atoms with Crippen LogP contribution in [0, 0.1) is 13.8 Å². The monoisotopic (exact) mass is 393 g/mol. The third-order valence-electron chi connectivity index (χ3n) is 4.56. The van der Waals surface area contributed by atoms with E-state index in [1.807, 2.05) is 33.8 Å². The van der Waals surface area contributed by atoms with Crippen molar-refractivity contribution >= 4 is 17.9 Å². The van der Waals surface area contributed by atoms with Gasteiger partial charge < -0.3 is 24.0 Å². The number of aromatic nitrogens is 1. The van der Waals surface area contributed by atoms with Crippen molar-refractivity contribution in [1.29, 1.82) is 0 Å². The SMILES string of the molecule is COCC1CN(C(=O)OC(C)(C)C)CCN1c1cc(C)c(C(=O)OC)c(C)n1. The van der Waals surface area contributed by atoms with Gasteiger partial charge in [0.25, 0.3) is 0 Å². The minimum atomic E-state index is -0.537. The van der Waals surface area contributed by atoms with E-state index in [-0.39, 0.29) is 12.1 Å². The van der Waals surface area contributed by atoms with Gasteiger partial charge in [-0.15, -0.1) is 0 Å². The summed E-state index contributed by atoms with van der Waals surface area (Å²) in [5.74, 6) is 0.366. The lowest BCUT2D eigenvalue weighted by molar-refractivity contribution is 0.0185. The van der Waals surface area contributed by atoms with Crippen LogP contribution in [0.15, 0.2) is 6.07 Å². The molecule has 2 rings (SSSR count). The van der Waals surface area contributed by atoms with Crippen LogP contribution in [-0.2, 0) is 14.2 Å². The predicted molar refractivity (Wildman–Crippen MR) is 106 cm³/mol. The lowest BCUT2D eigenvalue weighted by atomic mass is 10.1. The van der Waals surface area contributed by atoms with Gasteiger partial charge in [-0.3, -0.25) is 0 Å². The van der Waals surface area contributed by atoms with Crippen LogP contribution in [0.25, 0.3) is 0 Å². The summed E-state index contributed by atoms with van der Waals surface area (Å²) in [5, 5.41) is 0. The zero-order valence-electron chi connectivity index (χ0n) is 17.9. The number of piperazine rings is 1. The average Bonchev–Trinajstić information content (AvgIpc) is 2.59. The molecule has 0 spiro atoms. The predicted octanol–water partition coefficient (Wildman–Crippen LogP) is 2.56. The van der Waals surface area contributed by atoms with Gasteiger partial charge >= 0.3 is 12.1 Å². The maximum Gasteiger partial charge on any atom is 0.410 e. The molecule has 156 valence electrons. The third-order valence-corrected chi connectivity index (χ3v) is 4.56. The van der Waals surface area contributed by atoms with Crippen LogP contribution in [-0.4, -0.2) is 74.1 Å². The van der Waals surface area contributed by atoms with E-state index in [0.29, 0.717) is 37.5 Å². The topological polar surface area (TPSA) is 81.2 Å². The fraction of sp³-hybridized carbons (Fsp3) is 0.650. The molecular formula is C20H31N3O5. The molecule has 8 nitrogen and oxygen atoms in total. The number of esters is 1. The standard InChI is InChI=1S/C20H31N3O5/c1-13-10-16(21-14(2)17(13)18(24)27-7)23-9-8-22(11-15(23)12-26-6)19(25)28-20(3,4)5/h10,15H,8-9,11-12H2,1-7H3. The van der Waals surface area contributed by atoms with Crippen molar-refractivity contribution < 1.29 is 23.8 Å². The van der Waals surface area contributed by atoms with Crippen LogP contribution >= 0.6 is 0 Å². The van der Waals surface area contributed by atoms with E-state index in [2.05, 4.69) is 9.88 Å². The normalized spacial score (nSPS) is 17.5. The smallest absolute Gasteiger partial charge is 0.410 e. The van der Waals surface area contributed by atoms with Gasteiger partial charge in [0.1, 0.15) is 11.4 Å². The number of ether oxygens (including phenoxy) is 3. The lowest BCUT2D eigenvalue weighted by Crippen LogP contribution is -2.57. The molecule has 1 unspecified atom stereocenters. The zero-order valence-corrected chi connectivity index (χ0v) is 17.9. The number of anilines is 1. The highest BCUT2D eigenvalue weighted by Crippen LogP contribution is 2.25. The number of nitrogens with zero attached hydrogens (tertiary/aromatic N) is 3. The second-order valence-corrected chi connectivity index (χ2v) is 7.98. The van der Waals surface area contributed by atoms with Crippen molar-refractivity contribution in [2.45, 2.75) is 46.3 Å². The zero-order chi connectivity index (χ0) is 21.1. The van der Waals surface area contributed by atoms with Crippen molar-refractivity contribution in [3.8, 4) is 0 Å². The Kier molecular flexibility index (Phi) is 6.87. The minimum Gasteiger partial charge on any atom is -0.465 e. The first kappa shape index (κ1) is 21.9. The summed E-state index contributed by atoms with van der Waals surface area (Å²) in [7, 11) is 2.99. The Balaban J connectivity index is 2.24. The molecule has 1 aliphatic rings. The maximum atomic E-state index is 12.4. The average molecular weight is 393 g/mol. The number of rotatable bonds is 4.